The van der Waals surface area contributed by atoms with Gasteiger partial charge in [0, 0.05) is 17.4 Å². The van der Waals surface area contributed by atoms with E-state index in [1.807, 2.05) is 12.1 Å². The largest absolute Gasteiger partial charge is 0.508 e. The molecule has 0 aliphatic heterocycles. The average molecular weight is 239 g/mol. The molecule has 2 nitrogen and oxygen atoms in total. The number of fused-ring (bicyclic) bond motifs is 1. The number of phenolic OH excluding ortho intramolecular Hbond substituents is 1. The van der Waals surface area contributed by atoms with Crippen molar-refractivity contribution in [1.82, 2.24) is 0 Å². The molecule has 2 aromatic rings. The Labute approximate surface area is 107 Å². The van der Waals surface area contributed by atoms with Gasteiger partial charge >= 0.3 is 0 Å². The number of aromatic hydroxyl groups is 1. The maximum absolute atomic E-state index is 9.49. The lowest BCUT2D eigenvalue weighted by Crippen LogP contribution is -2.05. The Morgan fingerprint density at radius 1 is 0.944 bits per heavy atom. The van der Waals surface area contributed by atoms with Crippen molar-refractivity contribution < 1.29 is 5.11 Å². The molecule has 0 atom stereocenters. The number of hydrogen-bond acceptors (Lipinski definition) is 2. The zero-order valence-corrected chi connectivity index (χ0v) is 10.3. The van der Waals surface area contributed by atoms with Gasteiger partial charge in [0.05, 0.1) is 0 Å². The Hall–Kier alpha value is -1.96. The molecule has 0 heterocycles. The lowest BCUT2D eigenvalue weighted by molar-refractivity contribution is 0.475. The highest BCUT2D eigenvalue weighted by atomic mass is 16.3. The first-order chi connectivity index (χ1) is 8.83. The van der Waals surface area contributed by atoms with E-state index in [0.717, 1.165) is 12.1 Å². The highest BCUT2D eigenvalue weighted by Crippen LogP contribution is 2.30. The molecular weight excluding hydrogens is 222 g/mol. The van der Waals surface area contributed by atoms with Crippen molar-refractivity contribution in [3.63, 3.8) is 0 Å². The van der Waals surface area contributed by atoms with Gasteiger partial charge < -0.3 is 10.4 Å². The summed E-state index contributed by atoms with van der Waals surface area (Å²) in [4.78, 5) is 0. The molecule has 18 heavy (non-hydrogen) atoms. The normalized spacial score (nSPS) is 14.0. The Kier molecular flexibility index (Phi) is 2.93. The fourth-order valence-electron chi connectivity index (χ4n) is 2.64. The summed E-state index contributed by atoms with van der Waals surface area (Å²) >= 11 is 0. The van der Waals surface area contributed by atoms with E-state index in [4.69, 9.17) is 0 Å². The summed E-state index contributed by atoms with van der Waals surface area (Å²) in [5.41, 5.74) is 5.02. The van der Waals surface area contributed by atoms with E-state index in [9.17, 15) is 5.11 Å². The second-order valence-electron chi connectivity index (χ2n) is 4.83. The van der Waals surface area contributed by atoms with Gasteiger partial charge in [-0.2, -0.15) is 0 Å². The Morgan fingerprint density at radius 2 is 1.78 bits per heavy atom. The molecule has 1 aliphatic carbocycles. The minimum Gasteiger partial charge on any atom is -0.508 e. The molecule has 3 rings (SSSR count). The molecule has 0 aromatic heterocycles. The second-order valence-corrected chi connectivity index (χ2v) is 4.83. The SMILES string of the molecule is Oc1cccc(Nc2cccc3c2CCCC3)c1. The maximum Gasteiger partial charge on any atom is 0.117 e. The quantitative estimate of drug-likeness (QED) is 0.829. The number of anilines is 2. The lowest BCUT2D eigenvalue weighted by Gasteiger charge is -2.20. The monoisotopic (exact) mass is 239 g/mol. The van der Waals surface area contributed by atoms with Crippen molar-refractivity contribution in [2.24, 2.45) is 0 Å². The van der Waals surface area contributed by atoms with Crippen LogP contribution < -0.4 is 5.32 Å². The lowest BCUT2D eigenvalue weighted by atomic mass is 9.90. The van der Waals surface area contributed by atoms with E-state index in [0.29, 0.717) is 5.75 Å². The van der Waals surface area contributed by atoms with Gasteiger partial charge in [0.15, 0.2) is 0 Å². The van der Waals surface area contributed by atoms with Crippen LogP contribution in [0.3, 0.4) is 0 Å². The molecule has 0 fully saturated rings. The molecular formula is C16H17NO. The van der Waals surface area contributed by atoms with Crippen LogP contribution in [0.25, 0.3) is 0 Å². The van der Waals surface area contributed by atoms with Gasteiger partial charge in [0.1, 0.15) is 5.75 Å². The molecule has 0 saturated carbocycles. The Morgan fingerprint density at radius 3 is 2.67 bits per heavy atom. The van der Waals surface area contributed by atoms with Crippen LogP contribution in [-0.2, 0) is 12.8 Å². The molecule has 0 radical (unpaired) electrons. The summed E-state index contributed by atoms with van der Waals surface area (Å²) in [7, 11) is 0. The molecule has 0 saturated heterocycles. The molecule has 0 bridgehead atoms. The number of aryl methyl sites for hydroxylation is 1. The van der Waals surface area contributed by atoms with Crippen LogP contribution in [0.1, 0.15) is 24.0 Å². The van der Waals surface area contributed by atoms with Gasteiger partial charge in [-0.25, -0.2) is 0 Å². The number of benzene rings is 2. The third kappa shape index (κ3) is 2.19. The van der Waals surface area contributed by atoms with E-state index >= 15 is 0 Å². The topological polar surface area (TPSA) is 32.3 Å². The summed E-state index contributed by atoms with van der Waals surface area (Å²) in [6.07, 6.45) is 4.90. The van der Waals surface area contributed by atoms with E-state index in [-0.39, 0.29) is 0 Å². The Bertz CT molecular complexity index is 563. The summed E-state index contributed by atoms with van der Waals surface area (Å²) in [5.74, 6) is 0.296. The standard InChI is InChI=1S/C16H17NO/c18-14-8-4-7-13(11-14)17-16-10-3-6-12-5-1-2-9-15(12)16/h3-4,6-8,10-11,17-18H,1-2,5,9H2. The highest BCUT2D eigenvalue weighted by Gasteiger charge is 2.12. The Balaban J connectivity index is 1.93. The van der Waals surface area contributed by atoms with Crippen LogP contribution in [0.2, 0.25) is 0 Å². The molecule has 1 aliphatic rings. The first-order valence-corrected chi connectivity index (χ1v) is 6.50. The summed E-state index contributed by atoms with van der Waals surface area (Å²) in [6, 6.07) is 13.7. The second kappa shape index (κ2) is 4.73. The van der Waals surface area contributed by atoms with Crippen molar-refractivity contribution in [1.29, 1.82) is 0 Å². The minimum atomic E-state index is 0.296. The van der Waals surface area contributed by atoms with E-state index in [2.05, 4.69) is 23.5 Å². The van der Waals surface area contributed by atoms with Gasteiger partial charge in [0.25, 0.3) is 0 Å². The van der Waals surface area contributed by atoms with Crippen molar-refractivity contribution in [3.05, 3.63) is 53.6 Å². The number of phenols is 1. The molecule has 92 valence electrons. The summed E-state index contributed by atoms with van der Waals surface area (Å²) < 4.78 is 0. The molecule has 0 amide bonds. The van der Waals surface area contributed by atoms with Crippen LogP contribution in [0.4, 0.5) is 11.4 Å². The zero-order valence-electron chi connectivity index (χ0n) is 10.3. The molecule has 2 N–H and O–H groups in total. The highest BCUT2D eigenvalue weighted by molar-refractivity contribution is 5.66. The fourth-order valence-corrected chi connectivity index (χ4v) is 2.64. The van der Waals surface area contributed by atoms with Crippen molar-refractivity contribution in [2.75, 3.05) is 5.32 Å². The van der Waals surface area contributed by atoms with E-state index in [1.165, 1.54) is 36.1 Å². The average Bonchev–Trinajstić information content (AvgIpc) is 2.39. The maximum atomic E-state index is 9.49. The van der Waals surface area contributed by atoms with Crippen LogP contribution in [0.5, 0.6) is 5.75 Å². The number of nitrogens with one attached hydrogen (secondary N) is 1. The van der Waals surface area contributed by atoms with E-state index < -0.39 is 0 Å². The van der Waals surface area contributed by atoms with Crippen molar-refractivity contribution in [3.8, 4) is 5.75 Å². The first kappa shape index (κ1) is 11.1. The van der Waals surface area contributed by atoms with Crippen LogP contribution in [0.15, 0.2) is 42.5 Å². The predicted molar refractivity (Wildman–Crippen MR) is 74.5 cm³/mol. The number of hydrogen-bond donors (Lipinski definition) is 2. The smallest absolute Gasteiger partial charge is 0.117 e. The number of rotatable bonds is 2. The summed E-state index contributed by atoms with van der Waals surface area (Å²) in [6.45, 7) is 0. The molecule has 0 spiro atoms. The fraction of sp³-hybridized carbons (Fsp3) is 0.250. The van der Waals surface area contributed by atoms with Gasteiger partial charge in [-0.15, -0.1) is 0 Å². The van der Waals surface area contributed by atoms with Gasteiger partial charge in [-0.1, -0.05) is 18.2 Å². The zero-order chi connectivity index (χ0) is 12.4. The summed E-state index contributed by atoms with van der Waals surface area (Å²) in [5, 5.41) is 12.9. The van der Waals surface area contributed by atoms with Gasteiger partial charge in [-0.3, -0.25) is 0 Å². The van der Waals surface area contributed by atoms with Crippen LogP contribution in [0, 0.1) is 0 Å². The first-order valence-electron chi connectivity index (χ1n) is 6.50. The van der Waals surface area contributed by atoms with Crippen molar-refractivity contribution in [2.45, 2.75) is 25.7 Å². The van der Waals surface area contributed by atoms with Gasteiger partial charge in [0.2, 0.25) is 0 Å². The molecule has 0 unspecified atom stereocenters. The minimum absolute atomic E-state index is 0.296. The van der Waals surface area contributed by atoms with Crippen LogP contribution in [-0.4, -0.2) is 5.11 Å². The third-order valence-corrected chi connectivity index (χ3v) is 3.52. The molecule has 2 aromatic carbocycles. The van der Waals surface area contributed by atoms with E-state index in [1.54, 1.807) is 12.1 Å². The third-order valence-electron chi connectivity index (χ3n) is 3.52. The van der Waals surface area contributed by atoms with Crippen LogP contribution >= 0.6 is 0 Å². The van der Waals surface area contributed by atoms with Crippen molar-refractivity contribution >= 4 is 11.4 Å². The predicted octanol–water partition coefficient (Wildman–Crippen LogP) is 4.01. The van der Waals surface area contributed by atoms with Gasteiger partial charge in [-0.05, 0) is 55.0 Å². The molecule has 2 heteroatoms.